The number of ether oxygens (including phenoxy) is 1. The number of benzene rings is 1. The Morgan fingerprint density at radius 1 is 1.32 bits per heavy atom. The van der Waals surface area contributed by atoms with Crippen molar-refractivity contribution < 1.29 is 9.15 Å². The Kier molecular flexibility index (Phi) is 4.43. The Morgan fingerprint density at radius 3 is 2.63 bits per heavy atom. The van der Waals surface area contributed by atoms with Crippen molar-refractivity contribution >= 4 is 28.2 Å². The second kappa shape index (κ2) is 6.06. The summed E-state index contributed by atoms with van der Waals surface area (Å²) in [5, 5.41) is 0.927. The maximum Gasteiger partial charge on any atom is 0.204 e. The van der Waals surface area contributed by atoms with E-state index >= 15 is 0 Å². The Balaban J connectivity index is 2.34. The zero-order valence-corrected chi connectivity index (χ0v) is 12.1. The monoisotopic (exact) mass is 277 g/mol. The topological polar surface area (TPSA) is 48.4 Å². The van der Waals surface area contributed by atoms with E-state index in [-0.39, 0.29) is 4.99 Å². The quantitative estimate of drug-likeness (QED) is 0.814. The third kappa shape index (κ3) is 2.89. The highest BCUT2D eigenvalue weighted by Crippen LogP contribution is 2.33. The number of nitrogens with two attached hydrogens (primary N) is 1. The van der Waals surface area contributed by atoms with E-state index in [1.807, 2.05) is 24.3 Å². The van der Waals surface area contributed by atoms with Crippen LogP contribution in [0, 0.1) is 5.92 Å². The van der Waals surface area contributed by atoms with Gasteiger partial charge in [0.1, 0.15) is 10.6 Å². The molecule has 0 saturated heterocycles. The lowest BCUT2D eigenvalue weighted by molar-refractivity contribution is 0.240. The zero-order chi connectivity index (χ0) is 13.8. The van der Waals surface area contributed by atoms with Crippen LogP contribution in [0.3, 0.4) is 0 Å². The van der Waals surface area contributed by atoms with Gasteiger partial charge in [-0.1, -0.05) is 51.0 Å². The van der Waals surface area contributed by atoms with Gasteiger partial charge in [-0.3, -0.25) is 0 Å². The fraction of sp³-hybridized carbons (Fsp3) is 0.400. The van der Waals surface area contributed by atoms with E-state index in [9.17, 15) is 0 Å². The normalized spacial score (nSPS) is 11.1. The molecule has 2 rings (SSSR count). The molecule has 1 aromatic heterocycles. The summed E-state index contributed by atoms with van der Waals surface area (Å²) < 4.78 is 11.6. The lowest BCUT2D eigenvalue weighted by Crippen LogP contribution is -2.14. The van der Waals surface area contributed by atoms with E-state index in [1.165, 1.54) is 0 Å². The highest BCUT2D eigenvalue weighted by atomic mass is 32.1. The number of hydrogen-bond donors (Lipinski definition) is 1. The third-order valence-corrected chi connectivity index (χ3v) is 3.58. The van der Waals surface area contributed by atoms with Crippen LogP contribution in [0.2, 0.25) is 0 Å². The Morgan fingerprint density at radius 2 is 2.00 bits per heavy atom. The molecule has 0 radical (unpaired) electrons. The van der Waals surface area contributed by atoms with Crippen LogP contribution in [0.4, 0.5) is 0 Å². The third-order valence-electron chi connectivity index (χ3n) is 3.39. The van der Waals surface area contributed by atoms with Crippen LogP contribution < -0.4 is 10.5 Å². The summed E-state index contributed by atoms with van der Waals surface area (Å²) >= 11 is 5.03. The first-order chi connectivity index (χ1) is 9.17. The number of hydrogen-bond acceptors (Lipinski definition) is 3. The van der Waals surface area contributed by atoms with Crippen molar-refractivity contribution in [2.24, 2.45) is 11.7 Å². The van der Waals surface area contributed by atoms with Gasteiger partial charge in [0, 0.05) is 0 Å². The zero-order valence-electron chi connectivity index (χ0n) is 11.3. The first-order valence-electron chi connectivity index (χ1n) is 6.61. The van der Waals surface area contributed by atoms with Gasteiger partial charge >= 0.3 is 0 Å². The molecule has 102 valence electrons. The highest BCUT2D eigenvalue weighted by Gasteiger charge is 2.18. The molecule has 19 heavy (non-hydrogen) atoms. The van der Waals surface area contributed by atoms with Gasteiger partial charge in [0.15, 0.2) is 5.75 Å². The van der Waals surface area contributed by atoms with Gasteiger partial charge in [-0.25, -0.2) is 0 Å². The molecule has 2 aromatic rings. The summed E-state index contributed by atoms with van der Waals surface area (Å²) in [5.74, 6) is 1.69. The Hall–Kier alpha value is -1.55. The number of furan rings is 1. The van der Waals surface area contributed by atoms with Crippen LogP contribution in [-0.2, 0) is 0 Å². The van der Waals surface area contributed by atoms with Gasteiger partial charge in [0.2, 0.25) is 5.76 Å². The molecule has 0 aliphatic heterocycles. The molecule has 3 nitrogen and oxygen atoms in total. The molecule has 0 amide bonds. The van der Waals surface area contributed by atoms with Crippen LogP contribution in [0.5, 0.6) is 5.75 Å². The molecule has 1 aromatic carbocycles. The molecule has 1 heterocycles. The van der Waals surface area contributed by atoms with Crippen LogP contribution in [-0.4, -0.2) is 11.6 Å². The van der Waals surface area contributed by atoms with Gasteiger partial charge in [0.25, 0.3) is 0 Å². The summed E-state index contributed by atoms with van der Waals surface area (Å²) in [4.78, 5) is 0.232. The van der Waals surface area contributed by atoms with E-state index in [1.54, 1.807) is 0 Å². The summed E-state index contributed by atoms with van der Waals surface area (Å²) in [6, 6.07) is 7.72. The van der Waals surface area contributed by atoms with Crippen molar-refractivity contribution in [3.63, 3.8) is 0 Å². The van der Waals surface area contributed by atoms with Gasteiger partial charge in [-0.2, -0.15) is 0 Å². The number of rotatable bonds is 6. The number of thiocarbonyl (C=S) groups is 1. The van der Waals surface area contributed by atoms with Gasteiger partial charge in [-0.05, 0) is 18.1 Å². The summed E-state index contributed by atoms with van der Waals surface area (Å²) in [5.41, 5.74) is 6.46. The predicted molar refractivity (Wildman–Crippen MR) is 81.7 cm³/mol. The molecule has 0 unspecified atom stereocenters. The summed E-state index contributed by atoms with van der Waals surface area (Å²) in [6.45, 7) is 4.99. The minimum absolute atomic E-state index is 0.232. The van der Waals surface area contributed by atoms with E-state index in [0.717, 1.165) is 23.8 Å². The maximum atomic E-state index is 5.93. The van der Waals surface area contributed by atoms with Crippen molar-refractivity contribution in [3.8, 4) is 5.75 Å². The van der Waals surface area contributed by atoms with Crippen LogP contribution in [0.15, 0.2) is 28.7 Å². The molecule has 4 heteroatoms. The number of para-hydroxylation sites is 1. The van der Waals surface area contributed by atoms with Gasteiger partial charge < -0.3 is 14.9 Å². The molecule has 0 spiro atoms. The van der Waals surface area contributed by atoms with Crippen molar-refractivity contribution in [3.05, 3.63) is 30.0 Å². The van der Waals surface area contributed by atoms with Crippen LogP contribution in [0.25, 0.3) is 11.0 Å². The molecule has 0 saturated carbocycles. The second-order valence-corrected chi connectivity index (χ2v) is 5.05. The first-order valence-corrected chi connectivity index (χ1v) is 7.02. The van der Waals surface area contributed by atoms with E-state index in [2.05, 4.69) is 13.8 Å². The molecule has 0 bridgehead atoms. The standard InChI is InChI=1S/C15H19NO2S/c1-3-10(4-2)9-17-13-11-7-5-6-8-12(11)18-14(13)15(16)19/h5-8,10H,3-4,9H2,1-2H3,(H2,16,19). The number of fused-ring (bicyclic) bond motifs is 1. The van der Waals surface area contributed by atoms with E-state index in [4.69, 9.17) is 27.1 Å². The first kappa shape index (κ1) is 13.9. The fourth-order valence-electron chi connectivity index (χ4n) is 2.05. The van der Waals surface area contributed by atoms with E-state index in [0.29, 0.717) is 24.0 Å². The summed E-state index contributed by atoms with van der Waals surface area (Å²) in [6.07, 6.45) is 2.18. The predicted octanol–water partition coefficient (Wildman–Crippen LogP) is 3.88. The second-order valence-electron chi connectivity index (χ2n) is 4.61. The minimum atomic E-state index is 0.232. The lowest BCUT2D eigenvalue weighted by Gasteiger charge is -2.13. The molecule has 0 aliphatic rings. The summed E-state index contributed by atoms with van der Waals surface area (Å²) in [7, 11) is 0. The molecular formula is C15H19NO2S. The largest absolute Gasteiger partial charge is 0.488 e. The molecule has 2 N–H and O–H groups in total. The molecular weight excluding hydrogens is 258 g/mol. The van der Waals surface area contributed by atoms with Crippen molar-refractivity contribution in [1.29, 1.82) is 0 Å². The van der Waals surface area contributed by atoms with Crippen molar-refractivity contribution in [1.82, 2.24) is 0 Å². The van der Waals surface area contributed by atoms with Crippen LogP contribution in [0.1, 0.15) is 32.4 Å². The van der Waals surface area contributed by atoms with Crippen molar-refractivity contribution in [2.45, 2.75) is 26.7 Å². The molecule has 0 fully saturated rings. The Bertz CT molecular complexity index is 573. The van der Waals surface area contributed by atoms with Crippen LogP contribution >= 0.6 is 12.2 Å². The maximum absolute atomic E-state index is 5.93. The average molecular weight is 277 g/mol. The van der Waals surface area contributed by atoms with Gasteiger partial charge in [-0.15, -0.1) is 0 Å². The minimum Gasteiger partial charge on any atom is -0.488 e. The Labute approximate surface area is 118 Å². The SMILES string of the molecule is CCC(CC)COc1c(C(N)=S)oc2ccccc12. The lowest BCUT2D eigenvalue weighted by atomic mass is 10.1. The smallest absolute Gasteiger partial charge is 0.204 e. The molecule has 0 atom stereocenters. The molecule has 0 aliphatic carbocycles. The average Bonchev–Trinajstić information content (AvgIpc) is 2.79. The highest BCUT2D eigenvalue weighted by molar-refractivity contribution is 7.80. The fourth-order valence-corrected chi connectivity index (χ4v) is 2.19. The van der Waals surface area contributed by atoms with Crippen molar-refractivity contribution in [2.75, 3.05) is 6.61 Å². The van der Waals surface area contributed by atoms with Gasteiger partial charge in [0.05, 0.1) is 12.0 Å². The van der Waals surface area contributed by atoms with E-state index < -0.39 is 0 Å².